The van der Waals surface area contributed by atoms with E-state index in [0.29, 0.717) is 12.0 Å². The van der Waals surface area contributed by atoms with Crippen LogP contribution in [0.15, 0.2) is 4.34 Å². The Kier molecular flexibility index (Phi) is 5.84. The predicted molar refractivity (Wildman–Crippen MR) is 85.4 cm³/mol. The Morgan fingerprint density at radius 3 is 2.90 bits per heavy atom. The van der Waals surface area contributed by atoms with Gasteiger partial charge >= 0.3 is 0 Å². The fourth-order valence-electron chi connectivity index (χ4n) is 3.21. The second-order valence-electron chi connectivity index (χ2n) is 5.93. The van der Waals surface area contributed by atoms with Crippen molar-refractivity contribution in [2.24, 2.45) is 5.92 Å². The van der Waals surface area contributed by atoms with Gasteiger partial charge in [-0.05, 0) is 32.1 Å². The zero-order chi connectivity index (χ0) is 14.6. The normalized spacial score (nSPS) is 26.6. The van der Waals surface area contributed by atoms with Crippen LogP contribution in [-0.4, -0.2) is 39.2 Å². The molecular formula is C14H25N3OS2. The van der Waals surface area contributed by atoms with Crippen molar-refractivity contribution in [2.75, 3.05) is 12.4 Å². The van der Waals surface area contributed by atoms with Crippen molar-refractivity contribution in [1.29, 1.82) is 0 Å². The Bertz CT molecular complexity index is 424. The minimum absolute atomic E-state index is 0.0637. The van der Waals surface area contributed by atoms with Gasteiger partial charge in [0.05, 0.1) is 6.61 Å². The zero-order valence-electron chi connectivity index (χ0n) is 12.6. The topological polar surface area (TPSA) is 58.0 Å². The van der Waals surface area contributed by atoms with Crippen LogP contribution in [0.4, 0.5) is 0 Å². The van der Waals surface area contributed by atoms with Crippen molar-refractivity contribution in [1.82, 2.24) is 15.5 Å². The van der Waals surface area contributed by atoms with E-state index in [-0.39, 0.29) is 12.1 Å². The lowest BCUT2D eigenvalue weighted by atomic mass is 9.85. The zero-order valence-corrected chi connectivity index (χ0v) is 14.2. The van der Waals surface area contributed by atoms with Crippen LogP contribution in [0.3, 0.4) is 0 Å². The maximum atomic E-state index is 9.87. The number of nitrogens with zero attached hydrogens (tertiary/aromatic N) is 2. The molecule has 2 unspecified atom stereocenters. The summed E-state index contributed by atoms with van der Waals surface area (Å²) in [7, 11) is 0. The summed E-state index contributed by atoms with van der Waals surface area (Å²) < 4.78 is 1.06. The van der Waals surface area contributed by atoms with Crippen LogP contribution in [0.2, 0.25) is 0 Å². The third-order valence-electron chi connectivity index (χ3n) is 4.01. The molecule has 20 heavy (non-hydrogen) atoms. The molecule has 1 aliphatic carbocycles. The molecule has 0 aromatic carbocycles. The lowest BCUT2D eigenvalue weighted by molar-refractivity contribution is 0.113. The average molecular weight is 316 g/mol. The van der Waals surface area contributed by atoms with E-state index in [1.807, 2.05) is 6.92 Å². The first-order valence-electron chi connectivity index (χ1n) is 7.37. The highest BCUT2D eigenvalue weighted by Crippen LogP contribution is 2.39. The molecule has 2 rings (SSSR count). The monoisotopic (exact) mass is 315 g/mol. The highest BCUT2D eigenvalue weighted by atomic mass is 32.2. The lowest BCUT2D eigenvalue weighted by Gasteiger charge is -2.37. The molecule has 0 aliphatic heterocycles. The molecule has 1 aromatic heterocycles. The second kappa shape index (κ2) is 7.20. The van der Waals surface area contributed by atoms with Gasteiger partial charge in [0.25, 0.3) is 0 Å². The van der Waals surface area contributed by atoms with Crippen LogP contribution in [0, 0.1) is 12.8 Å². The Morgan fingerprint density at radius 1 is 1.50 bits per heavy atom. The van der Waals surface area contributed by atoms with Gasteiger partial charge in [-0.2, -0.15) is 0 Å². The molecule has 1 aliphatic rings. The number of aliphatic hydroxyl groups excluding tert-OH is 1. The Morgan fingerprint density at radius 2 is 2.30 bits per heavy atom. The van der Waals surface area contributed by atoms with Crippen molar-refractivity contribution < 1.29 is 5.11 Å². The molecule has 1 heterocycles. The maximum Gasteiger partial charge on any atom is 0.174 e. The van der Waals surface area contributed by atoms with E-state index in [0.717, 1.165) is 27.9 Å². The number of hydrogen-bond acceptors (Lipinski definition) is 6. The van der Waals surface area contributed by atoms with E-state index in [1.54, 1.807) is 23.1 Å². The molecule has 2 atom stereocenters. The summed E-state index contributed by atoms with van der Waals surface area (Å²) in [6.45, 7) is 6.55. The maximum absolute atomic E-state index is 9.87. The van der Waals surface area contributed by atoms with Gasteiger partial charge in [-0.3, -0.25) is 0 Å². The molecule has 4 nitrogen and oxygen atoms in total. The highest BCUT2D eigenvalue weighted by molar-refractivity contribution is 8.01. The molecule has 114 valence electrons. The van der Waals surface area contributed by atoms with Gasteiger partial charge in [0.2, 0.25) is 0 Å². The summed E-state index contributed by atoms with van der Waals surface area (Å²) in [5.74, 6) is 1.62. The molecule has 0 radical (unpaired) electrons. The van der Waals surface area contributed by atoms with E-state index < -0.39 is 0 Å². The summed E-state index contributed by atoms with van der Waals surface area (Å²) in [5.41, 5.74) is -0.0637. The molecular weight excluding hydrogens is 290 g/mol. The Labute approximate surface area is 129 Å². The summed E-state index contributed by atoms with van der Waals surface area (Å²) in [4.78, 5) is 0. The number of rotatable bonds is 7. The van der Waals surface area contributed by atoms with Gasteiger partial charge in [-0.1, -0.05) is 43.4 Å². The summed E-state index contributed by atoms with van der Waals surface area (Å²) in [5, 5.41) is 22.7. The summed E-state index contributed by atoms with van der Waals surface area (Å²) in [6, 6.07) is 0.418. The number of nitrogens with one attached hydrogen (secondary N) is 1. The van der Waals surface area contributed by atoms with Crippen LogP contribution in [0.5, 0.6) is 0 Å². The van der Waals surface area contributed by atoms with Crippen LogP contribution in [0.25, 0.3) is 0 Å². The van der Waals surface area contributed by atoms with E-state index in [4.69, 9.17) is 0 Å². The average Bonchev–Trinajstić information content (AvgIpc) is 2.97. The van der Waals surface area contributed by atoms with Crippen molar-refractivity contribution in [3.8, 4) is 0 Å². The molecule has 0 spiro atoms. The molecule has 2 N–H and O–H groups in total. The molecule has 1 aromatic rings. The minimum Gasteiger partial charge on any atom is -0.394 e. The smallest absolute Gasteiger partial charge is 0.174 e. The van der Waals surface area contributed by atoms with Gasteiger partial charge in [0, 0.05) is 17.3 Å². The standard InChI is InChI=1S/C14H25N3OS2/c1-10(2)15-14(9-18)7-4-5-12(14)6-8-19-13-17-16-11(3)20-13/h10,12,15,18H,4-9H2,1-3H3. The van der Waals surface area contributed by atoms with Gasteiger partial charge in [-0.15, -0.1) is 10.2 Å². The largest absolute Gasteiger partial charge is 0.394 e. The number of aliphatic hydroxyl groups is 1. The third-order valence-corrected chi connectivity index (χ3v) is 6.02. The second-order valence-corrected chi connectivity index (χ2v) is 8.45. The molecule has 6 heteroatoms. The molecule has 1 fully saturated rings. The van der Waals surface area contributed by atoms with Crippen molar-refractivity contribution in [2.45, 2.75) is 62.4 Å². The highest BCUT2D eigenvalue weighted by Gasteiger charge is 2.42. The van der Waals surface area contributed by atoms with Crippen LogP contribution in [-0.2, 0) is 0 Å². The number of thioether (sulfide) groups is 1. The quantitative estimate of drug-likeness (QED) is 0.758. The van der Waals surface area contributed by atoms with Crippen molar-refractivity contribution in [3.05, 3.63) is 5.01 Å². The number of hydrogen-bond donors (Lipinski definition) is 2. The molecule has 0 bridgehead atoms. The fraction of sp³-hybridized carbons (Fsp3) is 0.857. The van der Waals surface area contributed by atoms with Gasteiger partial charge in [0.1, 0.15) is 5.01 Å². The van der Waals surface area contributed by atoms with Crippen LogP contribution >= 0.6 is 23.1 Å². The fourth-order valence-corrected chi connectivity index (χ4v) is 5.15. The van der Waals surface area contributed by atoms with Crippen molar-refractivity contribution >= 4 is 23.1 Å². The number of aryl methyl sites for hydroxylation is 1. The van der Waals surface area contributed by atoms with E-state index in [1.165, 1.54) is 12.8 Å². The number of aromatic nitrogens is 2. The molecule has 1 saturated carbocycles. The molecule has 0 saturated heterocycles. The predicted octanol–water partition coefficient (Wildman–Crippen LogP) is 2.86. The van der Waals surface area contributed by atoms with E-state index in [2.05, 4.69) is 29.4 Å². The molecule has 0 amide bonds. The first-order valence-corrected chi connectivity index (χ1v) is 9.17. The summed E-state index contributed by atoms with van der Waals surface area (Å²) in [6.07, 6.45) is 4.65. The van der Waals surface area contributed by atoms with E-state index in [9.17, 15) is 5.11 Å². The SMILES string of the molecule is Cc1nnc(SCCC2CCCC2(CO)NC(C)C)s1. The summed E-state index contributed by atoms with van der Waals surface area (Å²) >= 11 is 3.46. The van der Waals surface area contributed by atoms with E-state index >= 15 is 0 Å². The van der Waals surface area contributed by atoms with Crippen molar-refractivity contribution in [3.63, 3.8) is 0 Å². The van der Waals surface area contributed by atoms with Crippen LogP contribution in [0.1, 0.15) is 44.5 Å². The van der Waals surface area contributed by atoms with Crippen LogP contribution < -0.4 is 5.32 Å². The minimum atomic E-state index is -0.0637. The van der Waals surface area contributed by atoms with Gasteiger partial charge in [-0.25, -0.2) is 0 Å². The Hall–Kier alpha value is -0.170. The van der Waals surface area contributed by atoms with Gasteiger partial charge in [0.15, 0.2) is 4.34 Å². The first-order chi connectivity index (χ1) is 9.55. The lowest BCUT2D eigenvalue weighted by Crippen LogP contribution is -2.54. The first kappa shape index (κ1) is 16.2. The van der Waals surface area contributed by atoms with Gasteiger partial charge < -0.3 is 10.4 Å². The Balaban J connectivity index is 1.87. The third kappa shape index (κ3) is 3.93.